The smallest absolute Gasteiger partial charge is 0.0274 e. The van der Waals surface area contributed by atoms with Crippen LogP contribution in [0.1, 0.15) is 27.7 Å². The minimum absolute atomic E-state index is 0.395. The molecule has 0 atom stereocenters. The average molecular weight is 168 g/mol. The van der Waals surface area contributed by atoms with Crippen LogP contribution in [0.3, 0.4) is 0 Å². The third-order valence-corrected chi connectivity index (χ3v) is 1.77. The Hall–Kier alpha value is -0.920. The molecule has 0 bridgehead atoms. The van der Waals surface area contributed by atoms with E-state index in [-0.39, 0.29) is 0 Å². The Labute approximate surface area is 75.7 Å². The van der Waals surface area contributed by atoms with Gasteiger partial charge in [0, 0.05) is 17.9 Å². The fraction of sp³-hybridized carbons (Fsp3) is 0.600. The summed E-state index contributed by atoms with van der Waals surface area (Å²) in [6.45, 7) is 12.1. The number of nitrogens with two attached hydrogens (primary N) is 1. The van der Waals surface area contributed by atoms with Gasteiger partial charge in [-0.1, -0.05) is 20.4 Å². The molecule has 2 heteroatoms. The molecule has 70 valence electrons. The number of allylic oxidation sites excluding steroid dienone is 1. The molecule has 2 N–H and O–H groups in total. The summed E-state index contributed by atoms with van der Waals surface area (Å²) in [6, 6.07) is 0.416. The fourth-order valence-electron chi connectivity index (χ4n) is 0.734. The van der Waals surface area contributed by atoms with E-state index >= 15 is 0 Å². The zero-order valence-corrected chi connectivity index (χ0v) is 8.54. The summed E-state index contributed by atoms with van der Waals surface area (Å²) in [5.74, 6) is 0.395. The van der Waals surface area contributed by atoms with Crippen LogP contribution in [-0.2, 0) is 0 Å². The number of rotatable bonds is 4. The standard InChI is InChI=1S/C10H20N2/c1-6-12(9(4)5)7-10(11)8(2)3/h6-9H,1,11H2,2-5H3/b10-7-. The van der Waals surface area contributed by atoms with Gasteiger partial charge in [-0.15, -0.1) is 0 Å². The monoisotopic (exact) mass is 168 g/mol. The summed E-state index contributed by atoms with van der Waals surface area (Å²) < 4.78 is 0. The van der Waals surface area contributed by atoms with Crippen molar-refractivity contribution in [3.8, 4) is 0 Å². The van der Waals surface area contributed by atoms with E-state index in [0.717, 1.165) is 5.70 Å². The molecule has 0 aliphatic heterocycles. The Balaban J connectivity index is 4.35. The minimum atomic E-state index is 0.395. The van der Waals surface area contributed by atoms with Crippen LogP contribution >= 0.6 is 0 Å². The topological polar surface area (TPSA) is 29.3 Å². The van der Waals surface area contributed by atoms with E-state index in [1.165, 1.54) is 0 Å². The first-order valence-electron chi connectivity index (χ1n) is 4.36. The predicted octanol–water partition coefficient (Wildman–Crippen LogP) is 2.30. The molecule has 0 aromatic carbocycles. The van der Waals surface area contributed by atoms with Crippen molar-refractivity contribution in [1.82, 2.24) is 4.90 Å². The Morgan fingerprint density at radius 1 is 1.33 bits per heavy atom. The second-order valence-electron chi connectivity index (χ2n) is 3.51. The van der Waals surface area contributed by atoms with Crippen LogP contribution in [0.2, 0.25) is 0 Å². The van der Waals surface area contributed by atoms with Crippen LogP contribution in [0.5, 0.6) is 0 Å². The summed E-state index contributed by atoms with van der Waals surface area (Å²) in [5.41, 5.74) is 6.69. The average Bonchev–Trinajstić information content (AvgIpc) is 1.98. The van der Waals surface area contributed by atoms with E-state index in [9.17, 15) is 0 Å². The maximum atomic E-state index is 5.80. The molecule has 2 nitrogen and oxygen atoms in total. The molecule has 0 saturated heterocycles. The molecule has 0 heterocycles. The van der Waals surface area contributed by atoms with Crippen LogP contribution in [0.4, 0.5) is 0 Å². The van der Waals surface area contributed by atoms with Gasteiger partial charge in [0.15, 0.2) is 0 Å². The second-order valence-corrected chi connectivity index (χ2v) is 3.51. The summed E-state index contributed by atoms with van der Waals surface area (Å²) in [4.78, 5) is 2.01. The van der Waals surface area contributed by atoms with Crippen LogP contribution in [-0.4, -0.2) is 10.9 Å². The lowest BCUT2D eigenvalue weighted by Gasteiger charge is -2.21. The zero-order valence-electron chi connectivity index (χ0n) is 8.54. The maximum absolute atomic E-state index is 5.80. The Morgan fingerprint density at radius 2 is 1.83 bits per heavy atom. The van der Waals surface area contributed by atoms with Gasteiger partial charge in [-0.2, -0.15) is 0 Å². The Kier molecular flexibility index (Phi) is 4.49. The normalized spacial score (nSPS) is 12.3. The molecule has 0 aliphatic rings. The maximum Gasteiger partial charge on any atom is 0.0274 e. The van der Waals surface area contributed by atoms with Gasteiger partial charge >= 0.3 is 0 Å². The molecule has 0 rings (SSSR count). The van der Waals surface area contributed by atoms with Crippen LogP contribution in [0.25, 0.3) is 0 Å². The van der Waals surface area contributed by atoms with Gasteiger partial charge in [0.2, 0.25) is 0 Å². The Bertz CT molecular complexity index is 169. The van der Waals surface area contributed by atoms with E-state index in [2.05, 4.69) is 34.3 Å². The van der Waals surface area contributed by atoms with Gasteiger partial charge in [-0.3, -0.25) is 0 Å². The highest BCUT2D eigenvalue weighted by Crippen LogP contribution is 2.07. The largest absolute Gasteiger partial charge is 0.401 e. The van der Waals surface area contributed by atoms with E-state index in [1.807, 2.05) is 11.1 Å². The van der Waals surface area contributed by atoms with Crippen molar-refractivity contribution in [3.63, 3.8) is 0 Å². The number of nitrogens with zero attached hydrogens (tertiary/aromatic N) is 1. The van der Waals surface area contributed by atoms with Gasteiger partial charge in [0.05, 0.1) is 0 Å². The first-order valence-corrected chi connectivity index (χ1v) is 4.36. The molecule has 12 heavy (non-hydrogen) atoms. The molecule has 0 amide bonds. The van der Waals surface area contributed by atoms with Crippen molar-refractivity contribution in [2.75, 3.05) is 0 Å². The molecule has 0 unspecified atom stereocenters. The highest BCUT2D eigenvalue weighted by Gasteiger charge is 2.03. The van der Waals surface area contributed by atoms with Gasteiger partial charge in [0.25, 0.3) is 0 Å². The minimum Gasteiger partial charge on any atom is -0.401 e. The molecule has 0 aromatic rings. The van der Waals surface area contributed by atoms with Crippen LogP contribution < -0.4 is 5.73 Å². The number of hydrogen-bond donors (Lipinski definition) is 1. The van der Waals surface area contributed by atoms with Crippen molar-refractivity contribution in [2.24, 2.45) is 11.7 Å². The SMILES string of the molecule is C=CN(/C=C(\N)C(C)C)C(C)C. The van der Waals surface area contributed by atoms with Crippen LogP contribution in [0.15, 0.2) is 24.7 Å². The lowest BCUT2D eigenvalue weighted by atomic mass is 10.1. The van der Waals surface area contributed by atoms with Crippen molar-refractivity contribution in [1.29, 1.82) is 0 Å². The highest BCUT2D eigenvalue weighted by atomic mass is 15.1. The lowest BCUT2D eigenvalue weighted by molar-refractivity contribution is 0.411. The van der Waals surface area contributed by atoms with Crippen molar-refractivity contribution in [3.05, 3.63) is 24.7 Å². The van der Waals surface area contributed by atoms with Crippen molar-refractivity contribution < 1.29 is 0 Å². The molecule has 0 radical (unpaired) electrons. The second kappa shape index (κ2) is 4.86. The lowest BCUT2D eigenvalue weighted by Crippen LogP contribution is -2.21. The predicted molar refractivity (Wildman–Crippen MR) is 54.3 cm³/mol. The van der Waals surface area contributed by atoms with Gasteiger partial charge < -0.3 is 10.6 Å². The molecule has 0 saturated carbocycles. The zero-order chi connectivity index (χ0) is 9.72. The molecule has 0 aliphatic carbocycles. The van der Waals surface area contributed by atoms with Gasteiger partial charge in [0.1, 0.15) is 0 Å². The first-order chi connectivity index (χ1) is 5.49. The number of hydrogen-bond acceptors (Lipinski definition) is 2. The summed E-state index contributed by atoms with van der Waals surface area (Å²) >= 11 is 0. The van der Waals surface area contributed by atoms with E-state index in [1.54, 1.807) is 6.20 Å². The molecule has 0 fully saturated rings. The summed E-state index contributed by atoms with van der Waals surface area (Å²) in [6.07, 6.45) is 3.74. The van der Waals surface area contributed by atoms with E-state index < -0.39 is 0 Å². The first kappa shape index (κ1) is 11.1. The molecular weight excluding hydrogens is 148 g/mol. The van der Waals surface area contributed by atoms with Crippen molar-refractivity contribution in [2.45, 2.75) is 33.7 Å². The Morgan fingerprint density at radius 3 is 2.08 bits per heavy atom. The van der Waals surface area contributed by atoms with Gasteiger partial charge in [-0.25, -0.2) is 0 Å². The van der Waals surface area contributed by atoms with Crippen LogP contribution in [0, 0.1) is 5.92 Å². The van der Waals surface area contributed by atoms with E-state index in [0.29, 0.717) is 12.0 Å². The molecule has 0 aromatic heterocycles. The third-order valence-electron chi connectivity index (χ3n) is 1.77. The van der Waals surface area contributed by atoms with E-state index in [4.69, 9.17) is 5.73 Å². The fourth-order valence-corrected chi connectivity index (χ4v) is 0.734. The third kappa shape index (κ3) is 3.46. The molecular formula is C10H20N2. The quantitative estimate of drug-likeness (QED) is 0.698. The molecule has 0 spiro atoms. The summed E-state index contributed by atoms with van der Waals surface area (Å²) in [7, 11) is 0. The van der Waals surface area contributed by atoms with Crippen molar-refractivity contribution >= 4 is 0 Å². The van der Waals surface area contributed by atoms with Gasteiger partial charge in [-0.05, 0) is 26.0 Å². The summed E-state index contributed by atoms with van der Waals surface area (Å²) in [5, 5.41) is 0. The highest BCUT2D eigenvalue weighted by molar-refractivity contribution is 5.01.